The first-order valence-electron chi connectivity index (χ1n) is 12.7. The number of unbranched alkanes of at least 4 members (excludes halogenated alkanes) is 2. The molecular formula is C26H39O9P2+. The molecule has 206 valence electrons. The molecule has 0 bridgehead atoms. The van der Waals surface area contributed by atoms with Crippen LogP contribution in [0.5, 0.6) is 11.5 Å². The molecule has 5 atom stereocenters. The second kappa shape index (κ2) is 16.0. The maximum atomic E-state index is 12.8. The molecule has 1 aliphatic rings. The fourth-order valence-corrected chi connectivity index (χ4v) is 5.25. The Bertz CT molecular complexity index is 964. The third kappa shape index (κ3) is 11.5. The van der Waals surface area contributed by atoms with E-state index in [0.717, 1.165) is 56.1 Å². The van der Waals surface area contributed by atoms with Crippen molar-refractivity contribution in [3.63, 3.8) is 0 Å². The first-order valence-corrected chi connectivity index (χ1v) is 14.6. The number of ether oxygens (including phenoxy) is 2. The monoisotopic (exact) mass is 557 g/mol. The topological polar surface area (TPSA) is 107 Å². The van der Waals surface area contributed by atoms with Gasteiger partial charge in [0.25, 0.3) is 6.29 Å². The minimum atomic E-state index is -2.64. The number of esters is 2. The molecule has 0 amide bonds. The second-order valence-corrected chi connectivity index (χ2v) is 10.5. The highest BCUT2D eigenvalue weighted by Gasteiger charge is 2.33. The average molecular weight is 558 g/mol. The van der Waals surface area contributed by atoms with Crippen LogP contribution in [0.1, 0.15) is 97.1 Å². The lowest BCUT2D eigenvalue weighted by molar-refractivity contribution is -0.159. The standard InChI is InChI=1S/C26H39O9P2/c1-7-8-9-12-22-15-24(33-36-32-20(5)30-18(3)27)26(23-13-10-11-17(2)14-23)25(16-22)35-37(29)34-21(6)31-19(4)28/h14-16,20-21,23,36H,7-13H2,1-6H3/q+1. The summed E-state index contributed by atoms with van der Waals surface area (Å²) in [6.45, 7) is 9.88. The predicted molar refractivity (Wildman–Crippen MR) is 142 cm³/mol. The zero-order chi connectivity index (χ0) is 27.4. The minimum absolute atomic E-state index is 0.0200. The highest BCUT2D eigenvalue weighted by Crippen LogP contribution is 2.47. The van der Waals surface area contributed by atoms with E-state index < -0.39 is 41.8 Å². The van der Waals surface area contributed by atoms with Crippen LogP contribution in [0.4, 0.5) is 0 Å². The van der Waals surface area contributed by atoms with Crippen LogP contribution in [0.25, 0.3) is 0 Å². The normalized spacial score (nSPS) is 17.6. The minimum Gasteiger partial charge on any atom is -0.449 e. The lowest BCUT2D eigenvalue weighted by Gasteiger charge is -2.24. The second-order valence-electron chi connectivity index (χ2n) is 9.05. The van der Waals surface area contributed by atoms with Crippen LogP contribution in [-0.4, -0.2) is 24.5 Å². The number of allylic oxidation sites excluding steroid dienone is 2. The molecule has 1 aliphatic carbocycles. The van der Waals surface area contributed by atoms with Crippen molar-refractivity contribution >= 4 is 29.2 Å². The fraction of sp³-hybridized carbons (Fsp3) is 0.615. The van der Waals surface area contributed by atoms with Gasteiger partial charge in [0, 0.05) is 36.8 Å². The first-order chi connectivity index (χ1) is 17.6. The predicted octanol–water partition coefficient (Wildman–Crippen LogP) is 7.41. The Morgan fingerprint density at radius 2 is 1.76 bits per heavy atom. The molecule has 1 aromatic rings. The Balaban J connectivity index is 2.40. The van der Waals surface area contributed by atoms with Gasteiger partial charge in [-0.15, -0.1) is 0 Å². The van der Waals surface area contributed by atoms with Gasteiger partial charge in [0.05, 0.1) is 0 Å². The molecule has 0 saturated heterocycles. The lowest BCUT2D eigenvalue weighted by Crippen LogP contribution is -2.14. The molecule has 5 unspecified atom stereocenters. The Morgan fingerprint density at radius 1 is 1.08 bits per heavy atom. The smallest absolute Gasteiger partial charge is 0.449 e. The van der Waals surface area contributed by atoms with E-state index >= 15 is 0 Å². The number of carbonyl (C=O) groups excluding carboxylic acids is 2. The molecule has 11 heteroatoms. The molecule has 0 heterocycles. The number of hydrogen-bond acceptors (Lipinski definition) is 9. The van der Waals surface area contributed by atoms with Crippen molar-refractivity contribution in [3.8, 4) is 11.5 Å². The van der Waals surface area contributed by atoms with Crippen molar-refractivity contribution in [2.45, 2.75) is 105 Å². The Labute approximate surface area is 222 Å². The Kier molecular flexibility index (Phi) is 13.5. The van der Waals surface area contributed by atoms with Crippen LogP contribution in [-0.2, 0) is 39.1 Å². The molecule has 0 N–H and O–H groups in total. The Hall–Kier alpha value is -2.05. The van der Waals surface area contributed by atoms with E-state index in [2.05, 4.69) is 19.9 Å². The molecule has 0 saturated carbocycles. The van der Waals surface area contributed by atoms with Crippen molar-refractivity contribution < 1.29 is 41.7 Å². The fourth-order valence-electron chi connectivity index (χ4n) is 4.12. The number of hydrogen-bond donors (Lipinski definition) is 0. The molecule has 37 heavy (non-hydrogen) atoms. The highest BCUT2D eigenvalue weighted by molar-refractivity contribution is 7.33. The van der Waals surface area contributed by atoms with E-state index in [1.807, 2.05) is 12.1 Å². The van der Waals surface area contributed by atoms with Crippen molar-refractivity contribution in [3.05, 3.63) is 34.9 Å². The van der Waals surface area contributed by atoms with Gasteiger partial charge in [0.15, 0.2) is 5.75 Å². The summed E-state index contributed by atoms with van der Waals surface area (Å²) >= 11 is 0. The third-order valence-corrected chi connectivity index (χ3v) is 7.16. The summed E-state index contributed by atoms with van der Waals surface area (Å²) in [7, 11) is -3.08. The van der Waals surface area contributed by atoms with E-state index in [9.17, 15) is 14.2 Å². The number of aryl methyl sites for hydroxylation is 1. The molecule has 2 rings (SSSR count). The zero-order valence-corrected chi connectivity index (χ0v) is 24.4. The van der Waals surface area contributed by atoms with Gasteiger partial charge in [-0.05, 0) is 63.6 Å². The summed E-state index contributed by atoms with van der Waals surface area (Å²) in [5, 5.41) is 0. The van der Waals surface area contributed by atoms with E-state index in [4.69, 9.17) is 27.6 Å². The van der Waals surface area contributed by atoms with Crippen molar-refractivity contribution in [1.29, 1.82) is 0 Å². The highest BCUT2D eigenvalue weighted by atomic mass is 31.1. The molecule has 0 aliphatic heterocycles. The molecule has 0 fully saturated rings. The van der Waals surface area contributed by atoms with Gasteiger partial charge in [-0.3, -0.25) is 14.1 Å². The molecular weight excluding hydrogens is 518 g/mol. The third-order valence-electron chi connectivity index (χ3n) is 5.61. The largest absolute Gasteiger partial charge is 0.754 e. The van der Waals surface area contributed by atoms with Gasteiger partial charge in [0.2, 0.25) is 15.3 Å². The van der Waals surface area contributed by atoms with Crippen molar-refractivity contribution in [2.24, 2.45) is 0 Å². The van der Waals surface area contributed by atoms with E-state index in [1.165, 1.54) is 26.3 Å². The van der Waals surface area contributed by atoms with Gasteiger partial charge in [0.1, 0.15) is 5.75 Å². The van der Waals surface area contributed by atoms with Crippen LogP contribution in [0, 0.1) is 0 Å². The van der Waals surface area contributed by atoms with Crippen LogP contribution in [0.3, 0.4) is 0 Å². The summed E-state index contributed by atoms with van der Waals surface area (Å²) in [5.74, 6) is -0.0507. The summed E-state index contributed by atoms with van der Waals surface area (Å²) in [6.07, 6.45) is 7.19. The van der Waals surface area contributed by atoms with Crippen LogP contribution >= 0.6 is 17.3 Å². The van der Waals surface area contributed by atoms with Gasteiger partial charge in [-0.25, -0.2) is 4.52 Å². The first kappa shape index (κ1) is 31.2. The van der Waals surface area contributed by atoms with Crippen molar-refractivity contribution in [2.75, 3.05) is 0 Å². The van der Waals surface area contributed by atoms with Crippen LogP contribution in [0.2, 0.25) is 0 Å². The summed E-state index contributed by atoms with van der Waals surface area (Å²) < 4.78 is 45.5. The van der Waals surface area contributed by atoms with Gasteiger partial charge in [-0.1, -0.05) is 35.9 Å². The van der Waals surface area contributed by atoms with E-state index in [0.29, 0.717) is 11.5 Å². The average Bonchev–Trinajstić information content (AvgIpc) is 2.78. The van der Waals surface area contributed by atoms with E-state index in [-0.39, 0.29) is 5.92 Å². The molecule has 1 aromatic carbocycles. The maximum absolute atomic E-state index is 12.8. The van der Waals surface area contributed by atoms with Gasteiger partial charge < -0.3 is 14.0 Å². The molecule has 0 radical (unpaired) electrons. The number of rotatable bonds is 15. The number of carbonyl (C=O) groups is 2. The summed E-state index contributed by atoms with van der Waals surface area (Å²) in [5.41, 5.74) is 2.97. The van der Waals surface area contributed by atoms with Crippen LogP contribution < -0.4 is 9.05 Å². The van der Waals surface area contributed by atoms with Crippen molar-refractivity contribution in [1.82, 2.24) is 0 Å². The summed E-state index contributed by atoms with van der Waals surface area (Å²) in [6, 6.07) is 3.85. The zero-order valence-electron chi connectivity index (χ0n) is 22.5. The molecule has 0 spiro atoms. The summed E-state index contributed by atoms with van der Waals surface area (Å²) in [4.78, 5) is 22.4. The molecule has 0 aromatic heterocycles. The van der Waals surface area contributed by atoms with E-state index in [1.54, 1.807) is 6.92 Å². The van der Waals surface area contributed by atoms with Gasteiger partial charge >= 0.3 is 20.2 Å². The number of benzene rings is 1. The quantitative estimate of drug-likeness (QED) is 0.0716. The maximum Gasteiger partial charge on any atom is 0.754 e. The van der Waals surface area contributed by atoms with Crippen LogP contribution in [0.15, 0.2) is 23.8 Å². The molecule has 9 nitrogen and oxygen atoms in total. The van der Waals surface area contributed by atoms with Gasteiger partial charge in [-0.2, -0.15) is 0 Å². The Morgan fingerprint density at radius 3 is 2.41 bits per heavy atom. The SMILES string of the molecule is CCCCCc1cc(OPOC(C)OC(C)=O)c(C2C=C(C)CCC2)c(O[P+](=O)OC(C)OC(C)=O)c1. The lowest BCUT2D eigenvalue weighted by atomic mass is 9.84.